The highest BCUT2D eigenvalue weighted by atomic mass is 35.5. The van der Waals surface area contributed by atoms with Gasteiger partial charge in [-0.25, -0.2) is 9.59 Å². The molecule has 250 valence electrons. The summed E-state index contributed by atoms with van der Waals surface area (Å²) in [7, 11) is 0. The molecule has 2 rings (SSSR count). The number of ether oxygens (including phenoxy) is 3. The summed E-state index contributed by atoms with van der Waals surface area (Å²) in [6.07, 6.45) is 2.69. The highest BCUT2D eigenvalue weighted by Gasteiger charge is 2.36. The second kappa shape index (κ2) is 19.4. The molecule has 3 N–H and O–H groups in total. The number of amides is 1. The number of hydrogen-bond donors (Lipinski definition) is 3. The summed E-state index contributed by atoms with van der Waals surface area (Å²) in [5, 5.41) is 16.7. The van der Waals surface area contributed by atoms with E-state index in [1.54, 1.807) is 20.8 Å². The lowest BCUT2D eigenvalue weighted by atomic mass is 10.0. The van der Waals surface area contributed by atoms with Crippen LogP contribution in [-0.2, 0) is 35.0 Å². The van der Waals surface area contributed by atoms with Gasteiger partial charge in [-0.1, -0.05) is 42.3 Å². The molecule has 10 heteroatoms. The fourth-order valence-electron chi connectivity index (χ4n) is 4.57. The van der Waals surface area contributed by atoms with Gasteiger partial charge in [-0.2, -0.15) is 0 Å². The van der Waals surface area contributed by atoms with Gasteiger partial charge >= 0.3 is 11.9 Å². The van der Waals surface area contributed by atoms with Crippen LogP contribution in [0.2, 0.25) is 5.02 Å². The van der Waals surface area contributed by atoms with Crippen LogP contribution in [0.15, 0.2) is 36.4 Å². The van der Waals surface area contributed by atoms with Gasteiger partial charge in [-0.3, -0.25) is 4.79 Å². The van der Waals surface area contributed by atoms with Gasteiger partial charge in [0.2, 0.25) is 0 Å². The fraction of sp³-hybridized carbons (Fsp3) is 0.571. The third kappa shape index (κ3) is 15.1. The maximum absolute atomic E-state index is 13.1. The Hall–Kier alpha value is -3.14. The summed E-state index contributed by atoms with van der Waals surface area (Å²) < 4.78 is 16.4. The van der Waals surface area contributed by atoms with Crippen LogP contribution in [0.25, 0.3) is 0 Å². The molecule has 0 radical (unpaired) electrons. The molecule has 1 amide bonds. The number of halogens is 1. The second-order valence-corrected chi connectivity index (χ2v) is 12.8. The van der Waals surface area contributed by atoms with Crippen molar-refractivity contribution in [1.29, 1.82) is 0 Å². The van der Waals surface area contributed by atoms with E-state index in [0.717, 1.165) is 49.9 Å². The van der Waals surface area contributed by atoms with E-state index in [1.807, 2.05) is 25.1 Å². The maximum Gasteiger partial charge on any atom is 0.336 e. The molecule has 0 aliphatic carbocycles. The molecule has 0 unspecified atom stereocenters. The lowest BCUT2D eigenvalue weighted by Crippen LogP contribution is -2.49. The van der Waals surface area contributed by atoms with Crippen molar-refractivity contribution < 1.29 is 33.7 Å². The molecule has 0 aromatic heterocycles. The molecule has 0 bridgehead atoms. The van der Waals surface area contributed by atoms with Crippen molar-refractivity contribution in [3.63, 3.8) is 0 Å². The van der Waals surface area contributed by atoms with Crippen molar-refractivity contribution in [3.05, 3.63) is 63.7 Å². The first-order valence-electron chi connectivity index (χ1n) is 15.8. The standard InChI is InChI=1S/C35H51ClN2O7/c1-24-14-16-27(21-26(24)3)13-9-7-12-20-43-31(32(34(41)42)44-23-30(39)45-35(4,5)6)33(40)38-19-11-8-10-18-37-28-17-15-25(2)29(36)22-28/h14-17,21-22,31-32,37H,7-13,18-20,23H2,1-6H3,(H,38,40)(H,41,42)/t31-,32-/m1/s1. The summed E-state index contributed by atoms with van der Waals surface area (Å²) in [6, 6.07) is 12.3. The molecule has 0 fully saturated rings. The topological polar surface area (TPSA) is 123 Å². The predicted octanol–water partition coefficient (Wildman–Crippen LogP) is 6.57. The number of carbonyl (C=O) groups excluding carboxylic acids is 2. The number of benzene rings is 2. The van der Waals surface area contributed by atoms with E-state index in [1.165, 1.54) is 16.7 Å². The van der Waals surface area contributed by atoms with Crippen LogP contribution in [0.3, 0.4) is 0 Å². The van der Waals surface area contributed by atoms with Crippen molar-refractivity contribution in [2.24, 2.45) is 0 Å². The summed E-state index contributed by atoms with van der Waals surface area (Å²) in [5.74, 6) is -2.70. The zero-order valence-electron chi connectivity index (χ0n) is 27.7. The SMILES string of the molecule is Cc1ccc(CCCCCO[C@@H](C(=O)NCCCCCNc2ccc(C)c(Cl)c2)[C@@H](OCC(=O)OC(C)(C)C)C(=O)O)cc1C. The van der Waals surface area contributed by atoms with Gasteiger partial charge in [0, 0.05) is 30.4 Å². The van der Waals surface area contributed by atoms with Crippen molar-refractivity contribution in [2.45, 2.75) is 104 Å². The minimum atomic E-state index is -1.67. The van der Waals surface area contributed by atoms with Crippen LogP contribution in [-0.4, -0.2) is 67.1 Å². The minimum Gasteiger partial charge on any atom is -0.479 e. The predicted molar refractivity (Wildman–Crippen MR) is 178 cm³/mol. The molecule has 2 aromatic rings. The van der Waals surface area contributed by atoms with E-state index in [-0.39, 0.29) is 6.61 Å². The average Bonchev–Trinajstić information content (AvgIpc) is 2.95. The molecule has 0 heterocycles. The number of carboxylic acid groups (broad SMARTS) is 1. The largest absolute Gasteiger partial charge is 0.479 e. The molecule has 45 heavy (non-hydrogen) atoms. The van der Waals surface area contributed by atoms with Crippen molar-refractivity contribution in [3.8, 4) is 0 Å². The monoisotopic (exact) mass is 646 g/mol. The number of aliphatic carboxylic acids is 1. The van der Waals surface area contributed by atoms with Crippen LogP contribution in [0.4, 0.5) is 5.69 Å². The number of carboxylic acids is 1. The van der Waals surface area contributed by atoms with Gasteiger partial charge in [0.1, 0.15) is 12.2 Å². The first kappa shape index (κ1) is 38.0. The van der Waals surface area contributed by atoms with Crippen LogP contribution < -0.4 is 10.6 Å². The minimum absolute atomic E-state index is 0.180. The Bertz CT molecular complexity index is 1240. The van der Waals surface area contributed by atoms with E-state index in [4.69, 9.17) is 25.8 Å². The third-order valence-corrected chi connectivity index (χ3v) is 7.62. The average molecular weight is 647 g/mol. The van der Waals surface area contributed by atoms with Gasteiger partial charge in [-0.05, 0) is 114 Å². The number of rotatable bonds is 20. The first-order valence-corrected chi connectivity index (χ1v) is 16.2. The number of carbonyl (C=O) groups is 3. The molecule has 0 saturated carbocycles. The van der Waals surface area contributed by atoms with Gasteiger partial charge in [0.25, 0.3) is 5.91 Å². The third-order valence-electron chi connectivity index (χ3n) is 7.21. The highest BCUT2D eigenvalue weighted by molar-refractivity contribution is 6.31. The number of esters is 1. The smallest absolute Gasteiger partial charge is 0.336 e. The van der Waals surface area contributed by atoms with Gasteiger partial charge < -0.3 is 30.0 Å². The molecule has 0 saturated heterocycles. The normalized spacial score (nSPS) is 12.8. The first-order chi connectivity index (χ1) is 21.3. The summed E-state index contributed by atoms with van der Waals surface area (Å²) in [6.45, 7) is 11.9. The van der Waals surface area contributed by atoms with Crippen LogP contribution in [0.1, 0.15) is 81.5 Å². The highest BCUT2D eigenvalue weighted by Crippen LogP contribution is 2.20. The molecule has 0 spiro atoms. The quantitative estimate of drug-likeness (QED) is 0.109. The van der Waals surface area contributed by atoms with E-state index < -0.39 is 42.3 Å². The van der Waals surface area contributed by atoms with Crippen molar-refractivity contribution in [1.82, 2.24) is 5.32 Å². The molecule has 0 aliphatic heterocycles. The van der Waals surface area contributed by atoms with Gasteiger partial charge in [0.15, 0.2) is 12.2 Å². The van der Waals surface area contributed by atoms with Crippen molar-refractivity contribution >= 4 is 35.1 Å². The number of unbranched alkanes of at least 4 members (excludes halogenated alkanes) is 4. The molecule has 9 nitrogen and oxygen atoms in total. The Morgan fingerprint density at radius 3 is 2.18 bits per heavy atom. The maximum atomic E-state index is 13.1. The Balaban J connectivity index is 1.86. The van der Waals surface area contributed by atoms with Crippen molar-refractivity contribution in [2.75, 3.05) is 31.6 Å². The lowest BCUT2D eigenvalue weighted by Gasteiger charge is -2.25. The van der Waals surface area contributed by atoms with Gasteiger partial charge in [-0.15, -0.1) is 0 Å². The van der Waals surface area contributed by atoms with E-state index in [0.29, 0.717) is 24.4 Å². The molecule has 2 aromatic carbocycles. The summed E-state index contributed by atoms with van der Waals surface area (Å²) in [5.41, 5.74) is 5.02. The Kier molecular flexibility index (Phi) is 16.4. The molecular weight excluding hydrogens is 596 g/mol. The Labute approximate surface area is 273 Å². The van der Waals surface area contributed by atoms with Crippen LogP contribution >= 0.6 is 11.6 Å². The molecular formula is C35H51ClN2O7. The summed E-state index contributed by atoms with van der Waals surface area (Å²) >= 11 is 6.18. The van der Waals surface area contributed by atoms with E-state index in [9.17, 15) is 19.5 Å². The Morgan fingerprint density at radius 1 is 0.822 bits per heavy atom. The van der Waals surface area contributed by atoms with Crippen LogP contribution in [0.5, 0.6) is 0 Å². The Morgan fingerprint density at radius 2 is 1.51 bits per heavy atom. The van der Waals surface area contributed by atoms with E-state index in [2.05, 4.69) is 42.7 Å². The number of anilines is 1. The summed E-state index contributed by atoms with van der Waals surface area (Å²) in [4.78, 5) is 37.5. The van der Waals surface area contributed by atoms with Gasteiger partial charge in [0.05, 0.1) is 0 Å². The number of nitrogens with one attached hydrogen (secondary N) is 2. The van der Waals surface area contributed by atoms with E-state index >= 15 is 0 Å². The molecule has 2 atom stereocenters. The lowest BCUT2D eigenvalue weighted by molar-refractivity contribution is -0.178. The molecule has 0 aliphatic rings. The number of hydrogen-bond acceptors (Lipinski definition) is 7. The zero-order valence-corrected chi connectivity index (χ0v) is 28.4. The number of aryl methyl sites for hydroxylation is 4. The fourth-order valence-corrected chi connectivity index (χ4v) is 4.75. The van der Waals surface area contributed by atoms with Crippen LogP contribution in [0, 0.1) is 20.8 Å². The zero-order chi connectivity index (χ0) is 33.4. The second-order valence-electron chi connectivity index (χ2n) is 12.4.